The van der Waals surface area contributed by atoms with Crippen LogP contribution in [0.1, 0.15) is 53.1 Å². The van der Waals surface area contributed by atoms with Crippen molar-refractivity contribution in [3.05, 3.63) is 10.4 Å². The van der Waals surface area contributed by atoms with Gasteiger partial charge in [0.15, 0.2) is 5.78 Å². The van der Waals surface area contributed by atoms with Crippen LogP contribution in [0.25, 0.3) is 0 Å². The van der Waals surface area contributed by atoms with Crippen molar-refractivity contribution in [2.45, 2.75) is 33.1 Å². The number of nitrogens with zero attached hydrogens (tertiary/aromatic N) is 1. The maximum absolute atomic E-state index is 12.3. The number of thiophene rings is 1. The van der Waals surface area contributed by atoms with E-state index in [0.717, 1.165) is 37.4 Å². The molecule has 1 heterocycles. The lowest BCUT2D eigenvalue weighted by atomic mass is 10.1. The lowest BCUT2D eigenvalue weighted by Crippen LogP contribution is -2.24. The highest BCUT2D eigenvalue weighted by Gasteiger charge is 2.36. The number of nitrogens with two attached hydrogens (primary N) is 1. The maximum Gasteiger partial charge on any atom is 0.343 e. The summed E-state index contributed by atoms with van der Waals surface area (Å²) in [5.41, 5.74) is 6.73. The molecule has 21 heavy (non-hydrogen) atoms. The van der Waals surface area contributed by atoms with Crippen LogP contribution in [-0.4, -0.2) is 32.0 Å². The van der Waals surface area contributed by atoms with Crippen LogP contribution in [0, 0.1) is 5.92 Å². The molecule has 0 atom stereocenters. The van der Waals surface area contributed by atoms with Crippen molar-refractivity contribution in [2.75, 3.05) is 30.8 Å². The van der Waals surface area contributed by atoms with Crippen LogP contribution in [0.3, 0.4) is 0 Å². The van der Waals surface area contributed by atoms with Gasteiger partial charge in [0.05, 0.1) is 17.7 Å². The Morgan fingerprint density at radius 3 is 2.52 bits per heavy atom. The molecule has 1 aromatic rings. The number of carbonyl (C=O) groups is 2. The van der Waals surface area contributed by atoms with Gasteiger partial charge in [-0.05, 0) is 26.2 Å². The number of anilines is 2. The SMILES string of the molecule is CCCN(CC)c1sc(C(=O)C2CC2)c(N)c1C(=O)OC. The fourth-order valence-corrected chi connectivity index (χ4v) is 3.66. The molecule has 0 unspecified atom stereocenters. The van der Waals surface area contributed by atoms with Gasteiger partial charge in [-0.15, -0.1) is 11.3 Å². The first-order valence-corrected chi connectivity index (χ1v) is 8.16. The normalized spacial score (nSPS) is 14.0. The highest BCUT2D eigenvalue weighted by Crippen LogP contribution is 2.43. The molecule has 0 spiro atoms. The average molecular weight is 310 g/mol. The van der Waals surface area contributed by atoms with E-state index >= 15 is 0 Å². The average Bonchev–Trinajstić information content (AvgIpc) is 3.27. The van der Waals surface area contributed by atoms with E-state index in [0.29, 0.717) is 10.4 Å². The summed E-state index contributed by atoms with van der Waals surface area (Å²) in [6.07, 6.45) is 2.80. The zero-order chi connectivity index (χ0) is 15.6. The molecule has 0 amide bonds. The molecule has 1 fully saturated rings. The highest BCUT2D eigenvalue weighted by molar-refractivity contribution is 7.19. The topological polar surface area (TPSA) is 72.6 Å². The predicted molar refractivity (Wildman–Crippen MR) is 85.3 cm³/mol. The molecular formula is C15H22N2O3S. The van der Waals surface area contributed by atoms with Gasteiger partial charge < -0.3 is 15.4 Å². The Morgan fingerprint density at radius 2 is 2.05 bits per heavy atom. The van der Waals surface area contributed by atoms with Crippen LogP contribution in [0.4, 0.5) is 10.7 Å². The van der Waals surface area contributed by atoms with E-state index in [9.17, 15) is 9.59 Å². The molecule has 2 N–H and O–H groups in total. The number of nitrogen functional groups attached to an aromatic ring is 1. The second-order valence-corrected chi connectivity index (χ2v) is 6.23. The number of hydrogen-bond acceptors (Lipinski definition) is 6. The molecule has 1 aliphatic carbocycles. The largest absolute Gasteiger partial charge is 0.465 e. The van der Waals surface area contributed by atoms with Crippen molar-refractivity contribution in [3.63, 3.8) is 0 Å². The second-order valence-electron chi connectivity index (χ2n) is 5.23. The Kier molecular flexibility index (Phi) is 4.88. The standard InChI is InChI=1S/C15H22N2O3S/c1-4-8-17(5-2)14-10(15(19)20-3)11(16)13(21-14)12(18)9-6-7-9/h9H,4-8,16H2,1-3H3. The Morgan fingerprint density at radius 1 is 1.38 bits per heavy atom. The lowest BCUT2D eigenvalue weighted by Gasteiger charge is -2.21. The van der Waals surface area contributed by atoms with Gasteiger partial charge in [-0.1, -0.05) is 6.92 Å². The summed E-state index contributed by atoms with van der Waals surface area (Å²) < 4.78 is 4.85. The summed E-state index contributed by atoms with van der Waals surface area (Å²) in [6.45, 7) is 5.68. The molecule has 1 aliphatic rings. The van der Waals surface area contributed by atoms with Crippen LogP contribution in [0.5, 0.6) is 0 Å². The minimum Gasteiger partial charge on any atom is -0.465 e. The molecule has 0 bridgehead atoms. The Hall–Kier alpha value is -1.56. The highest BCUT2D eigenvalue weighted by atomic mass is 32.1. The van der Waals surface area contributed by atoms with E-state index in [4.69, 9.17) is 10.5 Å². The van der Waals surface area contributed by atoms with Gasteiger partial charge in [-0.25, -0.2) is 4.79 Å². The first-order valence-electron chi connectivity index (χ1n) is 7.34. The molecule has 116 valence electrons. The number of rotatable bonds is 7. The van der Waals surface area contributed by atoms with Crippen molar-refractivity contribution in [3.8, 4) is 0 Å². The predicted octanol–water partition coefficient (Wildman–Crippen LogP) is 2.95. The van der Waals surface area contributed by atoms with Gasteiger partial charge in [-0.2, -0.15) is 0 Å². The number of ether oxygens (including phenoxy) is 1. The molecule has 0 radical (unpaired) electrons. The molecule has 0 saturated heterocycles. The number of ketones is 1. The molecule has 0 aromatic carbocycles. The Balaban J connectivity index is 2.48. The third-order valence-corrected chi connectivity index (χ3v) is 4.93. The van der Waals surface area contributed by atoms with Crippen molar-refractivity contribution >= 4 is 33.8 Å². The first kappa shape index (κ1) is 15.8. The minimum atomic E-state index is -0.469. The third-order valence-electron chi connectivity index (χ3n) is 3.65. The summed E-state index contributed by atoms with van der Waals surface area (Å²) in [4.78, 5) is 27.0. The molecule has 1 aromatic heterocycles. The van der Waals surface area contributed by atoms with Gasteiger partial charge >= 0.3 is 5.97 Å². The molecule has 0 aliphatic heterocycles. The van der Waals surface area contributed by atoms with Crippen molar-refractivity contribution in [1.82, 2.24) is 0 Å². The molecule has 6 heteroatoms. The number of carbonyl (C=O) groups excluding carboxylic acids is 2. The first-order chi connectivity index (χ1) is 10.0. The molecule has 5 nitrogen and oxygen atoms in total. The summed E-state index contributed by atoms with van der Waals surface area (Å²) in [5, 5.41) is 0.757. The van der Waals surface area contributed by atoms with E-state index in [-0.39, 0.29) is 17.4 Å². The van der Waals surface area contributed by atoms with E-state index in [1.807, 2.05) is 6.92 Å². The van der Waals surface area contributed by atoms with Crippen LogP contribution in [-0.2, 0) is 4.74 Å². The van der Waals surface area contributed by atoms with Crippen LogP contribution in [0.2, 0.25) is 0 Å². The van der Waals surface area contributed by atoms with Crippen molar-refractivity contribution in [2.24, 2.45) is 5.92 Å². The van der Waals surface area contributed by atoms with Gasteiger partial charge in [0.25, 0.3) is 0 Å². The summed E-state index contributed by atoms with van der Waals surface area (Å²) in [6, 6.07) is 0. The summed E-state index contributed by atoms with van der Waals surface area (Å²) >= 11 is 1.33. The van der Waals surface area contributed by atoms with Gasteiger partial charge in [0.1, 0.15) is 10.6 Å². The van der Waals surface area contributed by atoms with Crippen molar-refractivity contribution < 1.29 is 14.3 Å². The fourth-order valence-electron chi connectivity index (χ4n) is 2.34. The maximum atomic E-state index is 12.3. The second kappa shape index (κ2) is 6.47. The summed E-state index contributed by atoms with van der Waals surface area (Å²) in [5.74, 6) is -0.310. The van der Waals surface area contributed by atoms with Crippen LogP contribution < -0.4 is 10.6 Å². The van der Waals surface area contributed by atoms with Gasteiger partial charge in [0, 0.05) is 19.0 Å². The monoisotopic (exact) mass is 310 g/mol. The summed E-state index contributed by atoms with van der Waals surface area (Å²) in [7, 11) is 1.34. The minimum absolute atomic E-state index is 0.0708. The van der Waals surface area contributed by atoms with Crippen molar-refractivity contribution in [1.29, 1.82) is 0 Å². The number of hydrogen-bond donors (Lipinski definition) is 1. The zero-order valence-corrected chi connectivity index (χ0v) is 13.6. The molecular weight excluding hydrogens is 288 g/mol. The number of esters is 1. The molecule has 1 saturated carbocycles. The quantitative estimate of drug-likeness (QED) is 0.619. The van der Waals surface area contributed by atoms with Gasteiger partial charge in [0.2, 0.25) is 0 Å². The van der Waals surface area contributed by atoms with E-state index in [1.54, 1.807) is 0 Å². The zero-order valence-electron chi connectivity index (χ0n) is 12.8. The van der Waals surface area contributed by atoms with E-state index in [2.05, 4.69) is 11.8 Å². The van der Waals surface area contributed by atoms with E-state index in [1.165, 1.54) is 18.4 Å². The van der Waals surface area contributed by atoms with Gasteiger partial charge in [-0.3, -0.25) is 4.79 Å². The Labute approximate surface area is 129 Å². The molecule has 2 rings (SSSR count). The van der Waals surface area contributed by atoms with Crippen LogP contribution in [0.15, 0.2) is 0 Å². The lowest BCUT2D eigenvalue weighted by molar-refractivity contribution is 0.0603. The Bertz CT molecular complexity index is 549. The number of methoxy groups -OCH3 is 1. The number of Topliss-reactive ketones (excluding diaryl/α,β-unsaturated/α-hetero) is 1. The fraction of sp³-hybridized carbons (Fsp3) is 0.600. The smallest absolute Gasteiger partial charge is 0.343 e. The van der Waals surface area contributed by atoms with E-state index < -0.39 is 5.97 Å². The third kappa shape index (κ3) is 3.05. The van der Waals surface area contributed by atoms with Crippen LogP contribution >= 0.6 is 11.3 Å².